The van der Waals surface area contributed by atoms with Gasteiger partial charge in [-0.15, -0.1) is 4.59 Å². The molecule has 33 heavy (non-hydrogen) atoms. The Kier molecular flexibility index (Phi) is 4.99. The number of amidine groups is 1. The van der Waals surface area contributed by atoms with Crippen LogP contribution in [0.25, 0.3) is 22.2 Å². The fraction of sp³-hybridized carbons (Fsp3) is 0.222. The number of nitrogens with one attached hydrogen (secondary N) is 1. The van der Waals surface area contributed by atoms with E-state index in [0.717, 1.165) is 64.5 Å². The number of quaternary nitrogens is 1. The molecule has 3 aliphatic heterocycles. The average Bonchev–Trinajstić information content (AvgIpc) is 3.16. The molecule has 0 saturated carbocycles. The van der Waals surface area contributed by atoms with Gasteiger partial charge in [-0.3, -0.25) is 4.99 Å². The van der Waals surface area contributed by atoms with Gasteiger partial charge in [0.1, 0.15) is 11.9 Å². The average molecular weight is 436 g/mol. The van der Waals surface area contributed by atoms with Gasteiger partial charge in [-0.2, -0.15) is 10.8 Å². The number of hydrogen-bond acceptors (Lipinski definition) is 5. The van der Waals surface area contributed by atoms with Crippen molar-refractivity contribution in [3.63, 3.8) is 0 Å². The third kappa shape index (κ3) is 3.62. The monoisotopic (exact) mass is 435 g/mol. The zero-order valence-electron chi connectivity index (χ0n) is 18.5. The van der Waals surface area contributed by atoms with Crippen molar-refractivity contribution in [1.29, 1.82) is 0 Å². The third-order valence-corrected chi connectivity index (χ3v) is 6.83. The lowest BCUT2D eigenvalue weighted by Gasteiger charge is -2.27. The molecule has 0 aliphatic carbocycles. The van der Waals surface area contributed by atoms with Gasteiger partial charge < -0.3 is 5.32 Å². The van der Waals surface area contributed by atoms with Gasteiger partial charge in [-0.1, -0.05) is 42.5 Å². The summed E-state index contributed by atoms with van der Waals surface area (Å²) in [6.45, 7) is 2.14. The van der Waals surface area contributed by atoms with E-state index in [4.69, 9.17) is 15.8 Å². The normalized spacial score (nSPS) is 22.6. The highest BCUT2D eigenvalue weighted by Gasteiger charge is 2.44. The molecule has 3 N–H and O–H groups in total. The molecule has 3 aromatic rings. The van der Waals surface area contributed by atoms with Crippen LogP contribution in [0.1, 0.15) is 24.8 Å². The molecule has 2 aromatic carbocycles. The zero-order chi connectivity index (χ0) is 22.3. The van der Waals surface area contributed by atoms with Gasteiger partial charge >= 0.3 is 0 Å². The summed E-state index contributed by atoms with van der Waals surface area (Å²) in [5, 5.41) is 4.54. The Morgan fingerprint density at radius 2 is 1.79 bits per heavy atom. The first kappa shape index (κ1) is 20.2. The van der Waals surface area contributed by atoms with E-state index < -0.39 is 0 Å². The summed E-state index contributed by atoms with van der Waals surface area (Å²) in [6, 6.07) is 20.8. The summed E-state index contributed by atoms with van der Waals surface area (Å²) >= 11 is 0. The van der Waals surface area contributed by atoms with Gasteiger partial charge in [0, 0.05) is 10.9 Å². The fourth-order valence-electron chi connectivity index (χ4n) is 4.99. The van der Waals surface area contributed by atoms with Gasteiger partial charge in [-0.05, 0) is 56.5 Å². The van der Waals surface area contributed by atoms with Gasteiger partial charge in [-0.25, -0.2) is 4.98 Å². The molecule has 4 heterocycles. The summed E-state index contributed by atoms with van der Waals surface area (Å²) in [7, 11) is 0. The number of piperidine rings is 1. The molecule has 0 spiro atoms. The fourth-order valence-corrected chi connectivity index (χ4v) is 4.99. The van der Waals surface area contributed by atoms with Crippen molar-refractivity contribution < 1.29 is 4.59 Å². The predicted octanol–water partition coefficient (Wildman–Crippen LogP) is 4.51. The smallest absolute Gasteiger partial charge is 0.264 e. The van der Waals surface area contributed by atoms with E-state index in [9.17, 15) is 0 Å². The van der Waals surface area contributed by atoms with Crippen LogP contribution in [0.5, 0.6) is 0 Å². The molecule has 0 bridgehead atoms. The summed E-state index contributed by atoms with van der Waals surface area (Å²) in [5.74, 6) is 8.39. The number of hydrogen-bond donors (Lipinski definition) is 2. The Bertz CT molecular complexity index is 1330. The second-order valence-electron chi connectivity index (χ2n) is 8.99. The number of aliphatic imine (C=N–C) groups is 2. The SMILES string of the molecule is N[N+]12C=CN=CC1=C(CC1CCNCC1)N=C2c1ccc2ccc(-c3ccccc3)nc2c1. The number of nitrogens with zero attached hydrogens (tertiary/aromatic N) is 4. The third-order valence-electron chi connectivity index (χ3n) is 6.83. The Hall–Kier alpha value is -3.45. The number of rotatable bonds is 4. The molecule has 1 aromatic heterocycles. The van der Waals surface area contributed by atoms with Crippen LogP contribution >= 0.6 is 0 Å². The quantitative estimate of drug-likeness (QED) is 0.468. The molecule has 1 unspecified atom stereocenters. The first-order chi connectivity index (χ1) is 16.2. The molecule has 3 aliphatic rings. The minimum absolute atomic E-state index is 0.0632. The number of benzene rings is 2. The highest BCUT2D eigenvalue weighted by atomic mass is 15.6. The van der Waals surface area contributed by atoms with Crippen LogP contribution in [0.15, 0.2) is 94.4 Å². The van der Waals surface area contributed by atoms with Crippen molar-refractivity contribution >= 4 is 23.0 Å². The van der Waals surface area contributed by atoms with E-state index in [1.54, 1.807) is 6.20 Å². The standard InChI is InChI=1S/C27H27N6/c28-33-15-14-30-18-26(33)25(16-19-10-12-29-13-11-19)32-27(33)22-7-6-21-8-9-23(31-24(21)17-22)20-4-2-1-3-5-20/h1-9,14-15,17-19,29H,10-13,16,28H2/q+1. The molecule has 6 rings (SSSR count). The van der Waals surface area contributed by atoms with Gasteiger partial charge in [0.05, 0.1) is 29.2 Å². The van der Waals surface area contributed by atoms with Gasteiger partial charge in [0.25, 0.3) is 5.84 Å². The second kappa shape index (κ2) is 8.15. The van der Waals surface area contributed by atoms with E-state index in [0.29, 0.717) is 5.92 Å². The summed E-state index contributed by atoms with van der Waals surface area (Å²) in [5.41, 5.74) is 6.01. The Morgan fingerprint density at radius 1 is 0.970 bits per heavy atom. The second-order valence-corrected chi connectivity index (χ2v) is 8.99. The summed E-state index contributed by atoms with van der Waals surface area (Å²) in [4.78, 5) is 14.4. The van der Waals surface area contributed by atoms with E-state index in [-0.39, 0.29) is 4.59 Å². The van der Waals surface area contributed by atoms with Gasteiger partial charge in [0.2, 0.25) is 5.70 Å². The molecular weight excluding hydrogens is 408 g/mol. The molecule has 0 amide bonds. The lowest BCUT2D eigenvalue weighted by Crippen LogP contribution is -2.53. The first-order valence-corrected chi connectivity index (χ1v) is 11.6. The van der Waals surface area contributed by atoms with Crippen LogP contribution in [0.3, 0.4) is 0 Å². The summed E-state index contributed by atoms with van der Waals surface area (Å²) in [6.07, 6.45) is 8.82. The minimum Gasteiger partial charge on any atom is -0.317 e. The molecule has 164 valence electrons. The van der Waals surface area contributed by atoms with E-state index >= 15 is 0 Å². The molecular formula is C27H27N6+. The minimum atomic E-state index is 0.0632. The van der Waals surface area contributed by atoms with Crippen molar-refractivity contribution in [3.8, 4) is 11.3 Å². The van der Waals surface area contributed by atoms with Crippen LogP contribution in [0.4, 0.5) is 0 Å². The van der Waals surface area contributed by atoms with Crippen molar-refractivity contribution in [2.75, 3.05) is 13.1 Å². The molecule has 1 fully saturated rings. The van der Waals surface area contributed by atoms with E-state index in [1.165, 1.54) is 12.8 Å². The van der Waals surface area contributed by atoms with Crippen LogP contribution < -0.4 is 11.2 Å². The van der Waals surface area contributed by atoms with Crippen LogP contribution in [0.2, 0.25) is 0 Å². The van der Waals surface area contributed by atoms with Crippen molar-refractivity contribution in [2.24, 2.45) is 21.7 Å². The first-order valence-electron chi connectivity index (χ1n) is 11.6. The lowest BCUT2D eigenvalue weighted by atomic mass is 9.93. The Morgan fingerprint density at radius 3 is 2.64 bits per heavy atom. The summed E-state index contributed by atoms with van der Waals surface area (Å²) < 4.78 is 0.0632. The van der Waals surface area contributed by atoms with Crippen LogP contribution in [-0.4, -0.2) is 34.7 Å². The number of allylic oxidation sites excluding steroid dienone is 2. The number of aromatic nitrogens is 1. The van der Waals surface area contributed by atoms with Crippen LogP contribution in [0, 0.1) is 5.92 Å². The van der Waals surface area contributed by atoms with E-state index in [2.05, 4.69) is 52.8 Å². The predicted molar refractivity (Wildman–Crippen MR) is 133 cm³/mol. The highest BCUT2D eigenvalue weighted by molar-refractivity contribution is 6.02. The Balaban J connectivity index is 1.40. The van der Waals surface area contributed by atoms with E-state index in [1.807, 2.05) is 30.6 Å². The molecule has 6 heteroatoms. The van der Waals surface area contributed by atoms with Crippen molar-refractivity contribution in [3.05, 3.63) is 90.0 Å². The number of nitrogens with two attached hydrogens (primary N) is 1. The maximum absolute atomic E-state index is 6.94. The maximum atomic E-state index is 6.94. The lowest BCUT2D eigenvalue weighted by molar-refractivity contribution is -0.750. The topological polar surface area (TPSA) is 75.7 Å². The molecule has 1 atom stereocenters. The maximum Gasteiger partial charge on any atom is 0.264 e. The largest absolute Gasteiger partial charge is 0.317 e. The molecule has 0 radical (unpaired) electrons. The van der Waals surface area contributed by atoms with Crippen molar-refractivity contribution in [1.82, 2.24) is 10.3 Å². The Labute approximate surface area is 193 Å². The number of fused-ring (bicyclic) bond motifs is 2. The zero-order valence-corrected chi connectivity index (χ0v) is 18.5. The molecule has 6 nitrogen and oxygen atoms in total. The van der Waals surface area contributed by atoms with Crippen LogP contribution in [-0.2, 0) is 0 Å². The number of pyridine rings is 1. The van der Waals surface area contributed by atoms with Gasteiger partial charge in [0.15, 0.2) is 0 Å². The van der Waals surface area contributed by atoms with Crippen molar-refractivity contribution in [2.45, 2.75) is 19.3 Å². The molecule has 1 saturated heterocycles. The highest BCUT2D eigenvalue weighted by Crippen LogP contribution is 2.36.